The van der Waals surface area contributed by atoms with Gasteiger partial charge in [0, 0.05) is 35.3 Å². The predicted molar refractivity (Wildman–Crippen MR) is 111 cm³/mol. The summed E-state index contributed by atoms with van der Waals surface area (Å²) >= 11 is 0. The van der Waals surface area contributed by atoms with E-state index in [1.54, 1.807) is 12.1 Å². The van der Waals surface area contributed by atoms with Crippen LogP contribution in [0.5, 0.6) is 11.5 Å². The summed E-state index contributed by atoms with van der Waals surface area (Å²) in [5, 5.41) is 4.06. The molecule has 6 nitrogen and oxygen atoms in total. The molecule has 0 radical (unpaired) electrons. The molecule has 2 aliphatic heterocycles. The second-order valence-electron chi connectivity index (χ2n) is 8.80. The molecule has 8 heteroatoms. The van der Waals surface area contributed by atoms with Crippen LogP contribution in [-0.2, 0) is 24.2 Å². The zero-order chi connectivity index (χ0) is 21.2. The highest BCUT2D eigenvalue weighted by Gasteiger charge is 2.44. The van der Waals surface area contributed by atoms with Crippen molar-refractivity contribution in [3.63, 3.8) is 0 Å². The van der Waals surface area contributed by atoms with E-state index in [-0.39, 0.29) is 29.4 Å². The fourth-order valence-corrected chi connectivity index (χ4v) is 4.88. The normalized spacial score (nSPS) is 23.5. The Kier molecular flexibility index (Phi) is 4.13. The van der Waals surface area contributed by atoms with Crippen molar-refractivity contribution in [3.05, 3.63) is 35.2 Å². The number of halogens is 2. The first kappa shape index (κ1) is 18.8. The average Bonchev–Trinajstić information content (AvgIpc) is 3.50. The number of carbonyl (C=O) groups is 1. The third-order valence-corrected chi connectivity index (χ3v) is 6.54. The van der Waals surface area contributed by atoms with Crippen molar-refractivity contribution in [3.8, 4) is 11.5 Å². The van der Waals surface area contributed by atoms with E-state index in [1.807, 2.05) is 6.21 Å². The van der Waals surface area contributed by atoms with Crippen LogP contribution < -0.4 is 14.8 Å². The SMILES string of the molecule is O=C(NC1CCc2c(c3cc4c(cc3n2CC2=CCCC=N2)OC(F)(F)O4)C1)C1CC1. The second-order valence-corrected chi connectivity index (χ2v) is 8.80. The van der Waals surface area contributed by atoms with Crippen LogP contribution >= 0.6 is 0 Å². The van der Waals surface area contributed by atoms with Crippen LogP contribution in [-0.4, -0.2) is 29.0 Å². The molecule has 1 aromatic heterocycles. The number of nitrogens with zero attached hydrogens (tertiary/aromatic N) is 2. The van der Waals surface area contributed by atoms with Crippen molar-refractivity contribution in [1.82, 2.24) is 9.88 Å². The number of ether oxygens (including phenoxy) is 2. The molecule has 1 fully saturated rings. The minimum Gasteiger partial charge on any atom is -0.395 e. The molecule has 1 amide bonds. The smallest absolute Gasteiger partial charge is 0.395 e. The molecule has 1 saturated carbocycles. The molecule has 3 heterocycles. The van der Waals surface area contributed by atoms with Crippen LogP contribution in [0.3, 0.4) is 0 Å². The van der Waals surface area contributed by atoms with Crippen LogP contribution in [0.1, 0.15) is 43.4 Å². The number of aliphatic imine (C=N–C) groups is 1. The maximum atomic E-state index is 13.7. The number of allylic oxidation sites excluding steroid dienone is 2. The van der Waals surface area contributed by atoms with Crippen molar-refractivity contribution in [2.75, 3.05) is 0 Å². The fraction of sp³-hybridized carbons (Fsp3) is 0.478. The van der Waals surface area contributed by atoms with Gasteiger partial charge in [-0.15, -0.1) is 8.78 Å². The Balaban J connectivity index is 1.41. The van der Waals surface area contributed by atoms with Gasteiger partial charge in [0.2, 0.25) is 5.91 Å². The van der Waals surface area contributed by atoms with Gasteiger partial charge in [0.1, 0.15) is 0 Å². The van der Waals surface area contributed by atoms with Crippen molar-refractivity contribution in [2.24, 2.45) is 10.9 Å². The topological polar surface area (TPSA) is 64.9 Å². The quantitative estimate of drug-likeness (QED) is 0.799. The maximum absolute atomic E-state index is 13.7. The van der Waals surface area contributed by atoms with E-state index in [0.717, 1.165) is 60.7 Å². The molecule has 162 valence electrons. The van der Waals surface area contributed by atoms with E-state index in [2.05, 4.69) is 21.0 Å². The highest BCUT2D eigenvalue weighted by molar-refractivity contribution is 5.90. The number of amides is 1. The molecule has 0 bridgehead atoms. The summed E-state index contributed by atoms with van der Waals surface area (Å²) in [5.41, 5.74) is 4.06. The lowest BCUT2D eigenvalue weighted by Gasteiger charge is -2.25. The van der Waals surface area contributed by atoms with Gasteiger partial charge in [0.25, 0.3) is 0 Å². The molecule has 1 N–H and O–H groups in total. The summed E-state index contributed by atoms with van der Waals surface area (Å²) in [5.74, 6) is 0.399. The van der Waals surface area contributed by atoms with Crippen molar-refractivity contribution >= 4 is 23.0 Å². The number of alkyl halides is 2. The number of benzene rings is 1. The van der Waals surface area contributed by atoms with Gasteiger partial charge in [-0.2, -0.15) is 0 Å². The van der Waals surface area contributed by atoms with Gasteiger partial charge in [0.05, 0.1) is 17.8 Å². The zero-order valence-corrected chi connectivity index (χ0v) is 17.0. The van der Waals surface area contributed by atoms with Gasteiger partial charge in [-0.3, -0.25) is 9.79 Å². The lowest BCUT2D eigenvalue weighted by molar-refractivity contribution is -0.286. The molecule has 1 aromatic carbocycles. The molecule has 1 unspecified atom stereocenters. The Morgan fingerprint density at radius 2 is 2.00 bits per heavy atom. The summed E-state index contributed by atoms with van der Waals surface area (Å²) in [6, 6.07) is 3.36. The van der Waals surface area contributed by atoms with E-state index in [4.69, 9.17) is 9.47 Å². The molecule has 0 saturated heterocycles. The fourth-order valence-electron chi connectivity index (χ4n) is 4.88. The molecule has 2 aliphatic carbocycles. The van der Waals surface area contributed by atoms with Gasteiger partial charge in [0.15, 0.2) is 11.5 Å². The van der Waals surface area contributed by atoms with Crippen molar-refractivity contribution < 1.29 is 23.0 Å². The van der Waals surface area contributed by atoms with Gasteiger partial charge in [-0.1, -0.05) is 6.08 Å². The van der Waals surface area contributed by atoms with Gasteiger partial charge >= 0.3 is 6.29 Å². The van der Waals surface area contributed by atoms with Crippen molar-refractivity contribution in [2.45, 2.75) is 63.8 Å². The highest BCUT2D eigenvalue weighted by atomic mass is 19.3. The van der Waals surface area contributed by atoms with Crippen LogP contribution in [0.15, 0.2) is 28.9 Å². The van der Waals surface area contributed by atoms with E-state index in [1.165, 1.54) is 5.69 Å². The summed E-state index contributed by atoms with van der Waals surface area (Å²) in [7, 11) is 0. The first-order valence-corrected chi connectivity index (χ1v) is 10.9. The third kappa shape index (κ3) is 3.38. The van der Waals surface area contributed by atoms with Crippen LogP contribution in [0, 0.1) is 5.92 Å². The maximum Gasteiger partial charge on any atom is 0.586 e. The number of rotatable bonds is 4. The summed E-state index contributed by atoms with van der Waals surface area (Å²) < 4.78 is 38.9. The number of aromatic nitrogens is 1. The zero-order valence-electron chi connectivity index (χ0n) is 17.0. The number of hydrogen-bond acceptors (Lipinski definition) is 4. The largest absolute Gasteiger partial charge is 0.586 e. The summed E-state index contributed by atoms with van der Waals surface area (Å²) in [6.45, 7) is 0.581. The molecule has 0 spiro atoms. The molecule has 1 atom stereocenters. The van der Waals surface area contributed by atoms with Crippen molar-refractivity contribution in [1.29, 1.82) is 0 Å². The molecule has 6 rings (SSSR count). The molecule has 2 aromatic rings. The van der Waals surface area contributed by atoms with E-state index >= 15 is 0 Å². The average molecular weight is 427 g/mol. The Labute approximate surface area is 177 Å². The first-order valence-electron chi connectivity index (χ1n) is 10.9. The predicted octanol–water partition coefficient (Wildman–Crippen LogP) is 4.09. The number of hydrogen-bond donors (Lipinski definition) is 1. The van der Waals surface area contributed by atoms with E-state index in [9.17, 15) is 13.6 Å². The van der Waals surface area contributed by atoms with Crippen LogP contribution in [0.25, 0.3) is 10.9 Å². The number of nitrogens with one attached hydrogen (secondary N) is 1. The third-order valence-electron chi connectivity index (χ3n) is 6.54. The minimum absolute atomic E-state index is 0.0494. The summed E-state index contributed by atoms with van der Waals surface area (Å²) in [6.07, 6.45) is 6.56. The lowest BCUT2D eigenvalue weighted by Crippen LogP contribution is -2.39. The Bertz CT molecular complexity index is 1150. The lowest BCUT2D eigenvalue weighted by atomic mass is 9.91. The molecular formula is C23H23F2N3O3. The number of carbonyl (C=O) groups excluding carboxylic acids is 1. The molecular weight excluding hydrogens is 404 g/mol. The minimum atomic E-state index is -3.65. The van der Waals surface area contributed by atoms with E-state index < -0.39 is 6.29 Å². The van der Waals surface area contributed by atoms with E-state index in [0.29, 0.717) is 13.0 Å². The van der Waals surface area contributed by atoms with Gasteiger partial charge < -0.3 is 19.4 Å². The first-order chi connectivity index (χ1) is 15.0. The van der Waals surface area contributed by atoms with Gasteiger partial charge in [-0.25, -0.2) is 0 Å². The second kappa shape index (κ2) is 6.80. The molecule has 31 heavy (non-hydrogen) atoms. The Morgan fingerprint density at radius 1 is 1.19 bits per heavy atom. The summed E-state index contributed by atoms with van der Waals surface area (Å²) in [4.78, 5) is 16.8. The number of fused-ring (bicyclic) bond motifs is 4. The Hall–Kier alpha value is -2.90. The van der Waals surface area contributed by atoms with Gasteiger partial charge in [-0.05, 0) is 56.6 Å². The molecule has 4 aliphatic rings. The monoisotopic (exact) mass is 427 g/mol. The van der Waals surface area contributed by atoms with Crippen LogP contribution in [0.2, 0.25) is 0 Å². The van der Waals surface area contributed by atoms with Crippen LogP contribution in [0.4, 0.5) is 8.78 Å². The standard InChI is InChI=1S/C23H23F2N3O3/c24-23(25)30-20-10-17-16-9-14(27-22(29)13-4-5-13)6-7-18(16)28(19(17)11-21(20)31-23)12-15-3-1-2-8-26-15/h3,8,10-11,13-14H,1-2,4-7,9,12H2,(H,27,29). The highest BCUT2D eigenvalue weighted by Crippen LogP contribution is 2.46. The Morgan fingerprint density at radius 3 is 2.74 bits per heavy atom.